The summed E-state index contributed by atoms with van der Waals surface area (Å²) in [6.07, 6.45) is 6.90. The zero-order chi connectivity index (χ0) is 20.8. The second kappa shape index (κ2) is 7.78. The van der Waals surface area contributed by atoms with Crippen molar-refractivity contribution in [1.82, 2.24) is 14.8 Å². The van der Waals surface area contributed by atoms with Crippen LogP contribution in [-0.4, -0.2) is 21.5 Å². The topological polar surface area (TPSA) is 37.3 Å². The summed E-state index contributed by atoms with van der Waals surface area (Å²) in [6, 6.07) is 12.0. The Morgan fingerprint density at radius 2 is 1.90 bits per heavy atom. The van der Waals surface area contributed by atoms with Gasteiger partial charge in [0.2, 0.25) is 0 Å². The van der Waals surface area contributed by atoms with E-state index in [1.165, 1.54) is 33.8 Å². The van der Waals surface area contributed by atoms with Crippen molar-refractivity contribution in [3.05, 3.63) is 74.9 Å². The fraction of sp³-hybridized carbons (Fsp3) is 0.375. The average molecular weight is 440 g/mol. The number of hydrogen-bond donors (Lipinski definition) is 1. The molecule has 30 heavy (non-hydrogen) atoms. The predicted octanol–water partition coefficient (Wildman–Crippen LogP) is 6.09. The molecule has 2 aromatic heterocycles. The van der Waals surface area contributed by atoms with Crippen LogP contribution in [-0.2, 0) is 19.4 Å². The van der Waals surface area contributed by atoms with Gasteiger partial charge in [-0.2, -0.15) is 0 Å². The Morgan fingerprint density at radius 1 is 1.13 bits per heavy atom. The molecule has 1 aliphatic heterocycles. The highest BCUT2D eigenvalue weighted by Gasteiger charge is 2.36. The van der Waals surface area contributed by atoms with Crippen LogP contribution in [0.4, 0.5) is 4.79 Å². The number of aromatic nitrogens is 1. The van der Waals surface area contributed by atoms with E-state index < -0.39 is 0 Å². The number of rotatable bonds is 2. The zero-order valence-electron chi connectivity index (χ0n) is 17.3. The Hall–Kier alpha value is -2.24. The number of urea groups is 1. The van der Waals surface area contributed by atoms with Gasteiger partial charge in [0.15, 0.2) is 0 Å². The van der Waals surface area contributed by atoms with Crippen molar-refractivity contribution in [2.45, 2.75) is 58.2 Å². The molecule has 1 aliphatic carbocycles. The molecule has 0 spiro atoms. The van der Waals surface area contributed by atoms with Crippen LogP contribution < -0.4 is 5.32 Å². The number of halogens is 1. The molecule has 0 bridgehead atoms. The Kier molecular flexibility index (Phi) is 5.11. The van der Waals surface area contributed by atoms with Gasteiger partial charge in [0, 0.05) is 27.7 Å². The number of carbonyl (C=O) groups excluding carboxylic acids is 1. The van der Waals surface area contributed by atoms with E-state index in [9.17, 15) is 4.79 Å². The summed E-state index contributed by atoms with van der Waals surface area (Å²) in [4.78, 5) is 16.9. The van der Waals surface area contributed by atoms with Crippen molar-refractivity contribution in [3.63, 3.8) is 0 Å². The summed E-state index contributed by atoms with van der Waals surface area (Å²) in [5.74, 6) is 0. The van der Waals surface area contributed by atoms with Crippen molar-refractivity contribution in [1.29, 1.82) is 0 Å². The number of fused-ring (bicyclic) bond motifs is 5. The lowest BCUT2D eigenvalue weighted by Gasteiger charge is -2.32. The molecule has 0 saturated heterocycles. The molecule has 1 atom stereocenters. The van der Waals surface area contributed by atoms with Crippen molar-refractivity contribution >= 4 is 29.0 Å². The normalized spacial score (nSPS) is 17.9. The first-order valence-corrected chi connectivity index (χ1v) is 11.9. The monoisotopic (exact) mass is 439 g/mol. The molecule has 0 radical (unpaired) electrons. The van der Waals surface area contributed by atoms with E-state index in [-0.39, 0.29) is 18.1 Å². The summed E-state index contributed by atoms with van der Waals surface area (Å²) >= 11 is 8.08. The number of carbonyl (C=O) groups is 1. The first-order valence-electron chi connectivity index (χ1n) is 10.7. The maximum Gasteiger partial charge on any atom is 0.318 e. The molecule has 1 N–H and O–H groups in total. The number of aryl methyl sites for hydroxylation is 1. The van der Waals surface area contributed by atoms with Gasteiger partial charge < -0.3 is 14.8 Å². The Labute approximate surface area is 186 Å². The van der Waals surface area contributed by atoms with Gasteiger partial charge in [0.25, 0.3) is 0 Å². The average Bonchev–Trinajstić information content (AvgIpc) is 3.30. The summed E-state index contributed by atoms with van der Waals surface area (Å²) in [5.41, 5.74) is 4.98. The van der Waals surface area contributed by atoms with Crippen molar-refractivity contribution in [2.24, 2.45) is 0 Å². The second-order valence-corrected chi connectivity index (χ2v) is 10.0. The van der Waals surface area contributed by atoms with E-state index >= 15 is 0 Å². The third-order valence-electron chi connectivity index (χ3n) is 6.04. The van der Waals surface area contributed by atoms with E-state index in [0.717, 1.165) is 24.1 Å². The Morgan fingerprint density at radius 3 is 2.67 bits per heavy atom. The Balaban J connectivity index is 1.69. The molecule has 156 valence electrons. The zero-order valence-corrected chi connectivity index (χ0v) is 18.9. The van der Waals surface area contributed by atoms with E-state index in [2.05, 4.69) is 28.2 Å². The summed E-state index contributed by atoms with van der Waals surface area (Å²) in [7, 11) is 0. The first kappa shape index (κ1) is 19.7. The predicted molar refractivity (Wildman–Crippen MR) is 123 cm³/mol. The molecule has 2 amide bonds. The SMILES string of the molecule is CC(C)NC(=O)N1Cc2c(sc3c2CCCC3)-n2cccc2[C@H]1c1ccc(Cl)cc1. The molecular weight excluding hydrogens is 414 g/mol. The van der Waals surface area contributed by atoms with E-state index in [0.29, 0.717) is 11.6 Å². The number of nitrogens with one attached hydrogen (secondary N) is 1. The van der Waals surface area contributed by atoms with Gasteiger partial charge in [0.05, 0.1) is 18.3 Å². The highest BCUT2D eigenvalue weighted by atomic mass is 35.5. The highest BCUT2D eigenvalue weighted by Crippen LogP contribution is 2.44. The van der Waals surface area contributed by atoms with Gasteiger partial charge in [-0.1, -0.05) is 23.7 Å². The molecule has 0 fully saturated rings. The van der Waals surface area contributed by atoms with Gasteiger partial charge in [-0.3, -0.25) is 0 Å². The molecular formula is C24H26ClN3OS. The summed E-state index contributed by atoms with van der Waals surface area (Å²) in [6.45, 7) is 4.63. The molecule has 2 aliphatic rings. The van der Waals surface area contributed by atoms with Gasteiger partial charge in [-0.05, 0) is 74.9 Å². The number of benzene rings is 1. The van der Waals surface area contributed by atoms with Crippen molar-refractivity contribution in [2.75, 3.05) is 0 Å². The van der Waals surface area contributed by atoms with Crippen molar-refractivity contribution in [3.8, 4) is 5.00 Å². The summed E-state index contributed by atoms with van der Waals surface area (Å²) < 4.78 is 2.31. The lowest BCUT2D eigenvalue weighted by atomic mass is 9.95. The van der Waals surface area contributed by atoms with E-state index in [4.69, 9.17) is 11.6 Å². The van der Waals surface area contributed by atoms with Gasteiger partial charge in [-0.25, -0.2) is 4.79 Å². The Bertz CT molecular complexity index is 1080. The maximum atomic E-state index is 13.4. The minimum absolute atomic E-state index is 0.0266. The van der Waals surface area contributed by atoms with Gasteiger partial charge in [-0.15, -0.1) is 11.3 Å². The third kappa shape index (κ3) is 3.34. The fourth-order valence-corrected chi connectivity index (χ4v) is 6.24. The molecule has 3 aromatic rings. The molecule has 3 heterocycles. The van der Waals surface area contributed by atoms with Crippen LogP contribution in [0.5, 0.6) is 0 Å². The maximum absolute atomic E-state index is 13.4. The largest absolute Gasteiger partial charge is 0.336 e. The third-order valence-corrected chi connectivity index (χ3v) is 7.62. The molecule has 4 nitrogen and oxygen atoms in total. The minimum atomic E-state index is -0.171. The van der Waals surface area contributed by atoms with Crippen LogP contribution in [0.2, 0.25) is 5.02 Å². The smallest absolute Gasteiger partial charge is 0.318 e. The highest BCUT2D eigenvalue weighted by molar-refractivity contribution is 7.15. The lowest BCUT2D eigenvalue weighted by molar-refractivity contribution is 0.178. The molecule has 0 saturated carbocycles. The number of nitrogens with zero attached hydrogens (tertiary/aromatic N) is 2. The number of thiophene rings is 1. The molecule has 5 rings (SSSR count). The first-order chi connectivity index (χ1) is 14.5. The van der Waals surface area contributed by atoms with Crippen LogP contribution in [0, 0.1) is 0 Å². The number of hydrogen-bond acceptors (Lipinski definition) is 2. The summed E-state index contributed by atoms with van der Waals surface area (Å²) in [5, 5.41) is 5.11. The van der Waals surface area contributed by atoms with Gasteiger partial charge >= 0.3 is 6.03 Å². The van der Waals surface area contributed by atoms with E-state index in [1.807, 2.05) is 54.3 Å². The molecule has 0 unspecified atom stereocenters. The van der Waals surface area contributed by atoms with Crippen LogP contribution in [0.25, 0.3) is 5.00 Å². The standard InChI is InChI=1S/C24H26ClN3OS/c1-15(2)26-24(29)28-14-19-18-6-3-4-8-21(18)30-23(19)27-13-5-7-20(27)22(28)16-9-11-17(25)12-10-16/h5,7,9-13,15,22H,3-4,6,8,14H2,1-2H3,(H,26,29)/t22-/m1/s1. The fourth-order valence-electron chi connectivity index (χ4n) is 4.71. The van der Waals surface area contributed by atoms with Crippen molar-refractivity contribution < 1.29 is 4.79 Å². The molecule has 1 aromatic carbocycles. The number of amides is 2. The van der Waals surface area contributed by atoms with Crippen LogP contribution in [0.15, 0.2) is 42.6 Å². The van der Waals surface area contributed by atoms with E-state index in [1.54, 1.807) is 0 Å². The van der Waals surface area contributed by atoms with Crippen LogP contribution >= 0.6 is 22.9 Å². The van der Waals surface area contributed by atoms with Crippen LogP contribution in [0.3, 0.4) is 0 Å². The second-order valence-electron chi connectivity index (χ2n) is 8.48. The van der Waals surface area contributed by atoms with Gasteiger partial charge in [0.1, 0.15) is 5.00 Å². The lowest BCUT2D eigenvalue weighted by Crippen LogP contribution is -2.44. The molecule has 6 heteroatoms. The quantitative estimate of drug-likeness (QED) is 0.515. The van der Waals surface area contributed by atoms with Crippen LogP contribution in [0.1, 0.15) is 60.0 Å². The minimum Gasteiger partial charge on any atom is -0.336 e.